The van der Waals surface area contributed by atoms with Crippen LogP contribution >= 0.6 is 0 Å². The second-order valence-electron chi connectivity index (χ2n) is 2.87. The van der Waals surface area contributed by atoms with Crippen LogP contribution < -0.4 is 0 Å². The monoisotopic (exact) mass is 220 g/mol. The van der Waals surface area contributed by atoms with E-state index in [1.54, 1.807) is 25.2 Å². The Bertz CT molecular complexity index is 412. The lowest BCUT2D eigenvalue weighted by atomic mass is 10.0. The minimum atomic E-state index is -0.426. The zero-order chi connectivity index (χ0) is 12.6. The second-order valence-corrected chi connectivity index (χ2v) is 2.87. The van der Waals surface area contributed by atoms with Crippen LogP contribution in [0.3, 0.4) is 0 Å². The first-order valence-corrected chi connectivity index (χ1v) is 4.76. The van der Waals surface area contributed by atoms with Crippen LogP contribution in [0.4, 0.5) is 8.78 Å². The SMILES string of the molecule is C#C.C/C=C\C(=C/C)c1cc(F)ccc1F. The van der Waals surface area contributed by atoms with Crippen LogP contribution in [0, 0.1) is 24.5 Å². The molecule has 0 bridgehead atoms. The molecule has 1 aromatic carbocycles. The number of allylic oxidation sites excluding steroid dienone is 4. The summed E-state index contributed by atoms with van der Waals surface area (Å²) in [6.07, 6.45) is 13.3. The van der Waals surface area contributed by atoms with Crippen LogP contribution in [0.5, 0.6) is 0 Å². The van der Waals surface area contributed by atoms with E-state index >= 15 is 0 Å². The first-order valence-electron chi connectivity index (χ1n) is 4.76. The van der Waals surface area contributed by atoms with Crippen molar-refractivity contribution in [1.29, 1.82) is 0 Å². The standard InChI is InChI=1S/C12H12F2.C2H2/c1-3-5-9(4-2)11-8-10(13)6-7-12(11)14;1-2/h3-8H,1-2H3;1-2H/b5-3-,9-4+;. The van der Waals surface area contributed by atoms with E-state index in [1.807, 2.05) is 6.92 Å². The molecule has 0 heterocycles. The fourth-order valence-corrected chi connectivity index (χ4v) is 1.24. The Labute approximate surface area is 95.3 Å². The van der Waals surface area contributed by atoms with E-state index in [0.717, 1.165) is 12.1 Å². The molecule has 0 saturated heterocycles. The van der Waals surface area contributed by atoms with Crippen LogP contribution in [-0.4, -0.2) is 0 Å². The zero-order valence-electron chi connectivity index (χ0n) is 9.37. The van der Waals surface area contributed by atoms with Gasteiger partial charge in [-0.1, -0.05) is 18.2 Å². The summed E-state index contributed by atoms with van der Waals surface area (Å²) in [7, 11) is 0. The van der Waals surface area contributed by atoms with Crippen molar-refractivity contribution >= 4 is 5.57 Å². The third-order valence-corrected chi connectivity index (χ3v) is 1.90. The molecular weight excluding hydrogens is 206 g/mol. The molecule has 0 unspecified atom stereocenters. The van der Waals surface area contributed by atoms with Gasteiger partial charge in [0, 0.05) is 5.56 Å². The van der Waals surface area contributed by atoms with E-state index in [-0.39, 0.29) is 0 Å². The molecule has 0 fully saturated rings. The molecule has 0 nitrogen and oxygen atoms in total. The second kappa shape index (κ2) is 7.42. The van der Waals surface area contributed by atoms with Gasteiger partial charge >= 0.3 is 0 Å². The van der Waals surface area contributed by atoms with E-state index in [1.165, 1.54) is 6.07 Å². The van der Waals surface area contributed by atoms with Gasteiger partial charge in [-0.25, -0.2) is 8.78 Å². The molecule has 84 valence electrons. The fraction of sp³-hybridized carbons (Fsp3) is 0.143. The molecule has 0 N–H and O–H groups in total. The van der Waals surface area contributed by atoms with Gasteiger partial charge in [0.25, 0.3) is 0 Å². The Balaban J connectivity index is 0.00000106. The molecule has 0 aliphatic heterocycles. The number of rotatable bonds is 2. The normalized spacial score (nSPS) is 11.0. The van der Waals surface area contributed by atoms with E-state index < -0.39 is 11.6 Å². The minimum Gasteiger partial charge on any atom is -0.207 e. The molecule has 0 spiro atoms. The third-order valence-electron chi connectivity index (χ3n) is 1.90. The van der Waals surface area contributed by atoms with Crippen molar-refractivity contribution in [2.24, 2.45) is 0 Å². The predicted molar refractivity (Wildman–Crippen MR) is 64.7 cm³/mol. The largest absolute Gasteiger partial charge is 0.207 e. The average molecular weight is 220 g/mol. The summed E-state index contributed by atoms with van der Waals surface area (Å²) in [5.41, 5.74) is 0.982. The highest BCUT2D eigenvalue weighted by atomic mass is 19.1. The number of hydrogen-bond acceptors (Lipinski definition) is 0. The van der Waals surface area contributed by atoms with Crippen LogP contribution in [0.25, 0.3) is 5.57 Å². The number of halogens is 2. The van der Waals surface area contributed by atoms with Gasteiger partial charge in [-0.05, 0) is 37.6 Å². The molecule has 0 aliphatic carbocycles. The average Bonchev–Trinajstić information content (AvgIpc) is 2.32. The van der Waals surface area contributed by atoms with Crippen molar-refractivity contribution < 1.29 is 8.78 Å². The Morgan fingerprint density at radius 2 is 1.81 bits per heavy atom. The zero-order valence-corrected chi connectivity index (χ0v) is 9.37. The van der Waals surface area contributed by atoms with Gasteiger partial charge in [0.15, 0.2) is 0 Å². The van der Waals surface area contributed by atoms with Gasteiger partial charge in [-0.3, -0.25) is 0 Å². The van der Waals surface area contributed by atoms with Gasteiger partial charge in [-0.2, -0.15) is 0 Å². The van der Waals surface area contributed by atoms with E-state index in [4.69, 9.17) is 0 Å². The van der Waals surface area contributed by atoms with Gasteiger partial charge in [0.1, 0.15) is 11.6 Å². The Morgan fingerprint density at radius 1 is 1.19 bits per heavy atom. The predicted octanol–water partition coefficient (Wildman–Crippen LogP) is 4.19. The van der Waals surface area contributed by atoms with Crippen molar-refractivity contribution in [2.75, 3.05) is 0 Å². The highest BCUT2D eigenvalue weighted by Crippen LogP contribution is 2.20. The first-order chi connectivity index (χ1) is 7.69. The minimum absolute atomic E-state index is 0.297. The van der Waals surface area contributed by atoms with Gasteiger partial charge in [0.2, 0.25) is 0 Å². The molecule has 2 heteroatoms. The third kappa shape index (κ3) is 3.70. The van der Waals surface area contributed by atoms with Crippen LogP contribution in [0.2, 0.25) is 0 Å². The van der Waals surface area contributed by atoms with Gasteiger partial charge < -0.3 is 0 Å². The summed E-state index contributed by atoms with van der Waals surface area (Å²) >= 11 is 0. The highest BCUT2D eigenvalue weighted by molar-refractivity contribution is 5.73. The summed E-state index contributed by atoms with van der Waals surface area (Å²) in [5, 5.41) is 0. The Hall–Kier alpha value is -1.88. The molecule has 16 heavy (non-hydrogen) atoms. The summed E-state index contributed by atoms with van der Waals surface area (Å²) < 4.78 is 26.2. The molecule has 0 saturated carbocycles. The maximum atomic E-state index is 13.3. The lowest BCUT2D eigenvalue weighted by Crippen LogP contribution is -1.89. The summed E-state index contributed by atoms with van der Waals surface area (Å²) in [6.45, 7) is 3.63. The van der Waals surface area contributed by atoms with Crippen molar-refractivity contribution in [3.63, 3.8) is 0 Å². The lowest BCUT2D eigenvalue weighted by Gasteiger charge is -2.03. The summed E-state index contributed by atoms with van der Waals surface area (Å²) in [5.74, 6) is -0.831. The van der Waals surface area contributed by atoms with Gasteiger partial charge in [-0.15, -0.1) is 12.8 Å². The molecule has 1 aromatic rings. The molecule has 0 aliphatic rings. The summed E-state index contributed by atoms with van der Waals surface area (Å²) in [6, 6.07) is 3.45. The van der Waals surface area contributed by atoms with Crippen molar-refractivity contribution in [1.82, 2.24) is 0 Å². The Morgan fingerprint density at radius 3 is 2.31 bits per heavy atom. The molecule has 0 atom stereocenters. The molecule has 0 radical (unpaired) electrons. The van der Waals surface area contributed by atoms with Crippen molar-refractivity contribution in [3.8, 4) is 12.8 Å². The van der Waals surface area contributed by atoms with E-state index in [9.17, 15) is 8.78 Å². The fourth-order valence-electron chi connectivity index (χ4n) is 1.24. The first kappa shape index (κ1) is 14.1. The van der Waals surface area contributed by atoms with Crippen molar-refractivity contribution in [3.05, 3.63) is 53.6 Å². The van der Waals surface area contributed by atoms with E-state index in [0.29, 0.717) is 11.1 Å². The van der Waals surface area contributed by atoms with Crippen molar-refractivity contribution in [2.45, 2.75) is 13.8 Å². The number of benzene rings is 1. The Kier molecular flexibility index (Phi) is 6.55. The number of terminal acetylenes is 1. The highest BCUT2D eigenvalue weighted by Gasteiger charge is 2.05. The smallest absolute Gasteiger partial charge is 0.131 e. The maximum Gasteiger partial charge on any atom is 0.131 e. The number of hydrogen-bond donors (Lipinski definition) is 0. The topological polar surface area (TPSA) is 0 Å². The summed E-state index contributed by atoms with van der Waals surface area (Å²) in [4.78, 5) is 0. The van der Waals surface area contributed by atoms with Crippen LogP contribution in [-0.2, 0) is 0 Å². The quantitative estimate of drug-likeness (QED) is 0.517. The maximum absolute atomic E-state index is 13.3. The van der Waals surface area contributed by atoms with Gasteiger partial charge in [0.05, 0.1) is 0 Å². The van der Waals surface area contributed by atoms with E-state index in [2.05, 4.69) is 12.8 Å². The van der Waals surface area contributed by atoms with Crippen LogP contribution in [0.15, 0.2) is 36.4 Å². The molecule has 0 aromatic heterocycles. The molecule has 1 rings (SSSR count). The van der Waals surface area contributed by atoms with Crippen LogP contribution in [0.1, 0.15) is 19.4 Å². The lowest BCUT2D eigenvalue weighted by molar-refractivity contribution is 0.597. The molecular formula is C14H14F2. The molecule has 0 amide bonds.